The van der Waals surface area contributed by atoms with Crippen molar-refractivity contribution in [3.8, 4) is 0 Å². The van der Waals surface area contributed by atoms with Gasteiger partial charge in [0.2, 0.25) is 5.91 Å². The zero-order valence-corrected chi connectivity index (χ0v) is 12.1. The number of unbranched alkanes of at least 4 members (excludes halogenated alkanes) is 1. The largest absolute Gasteiger partial charge is 0.481 e. The van der Waals surface area contributed by atoms with E-state index in [2.05, 4.69) is 10.6 Å². The van der Waals surface area contributed by atoms with Crippen molar-refractivity contribution in [3.05, 3.63) is 0 Å². The van der Waals surface area contributed by atoms with Crippen LogP contribution >= 0.6 is 0 Å². The molecule has 0 bridgehead atoms. The second-order valence-electron chi connectivity index (χ2n) is 5.02. The van der Waals surface area contributed by atoms with Gasteiger partial charge in [0, 0.05) is 33.0 Å². The van der Waals surface area contributed by atoms with E-state index in [9.17, 15) is 14.4 Å². The first kappa shape index (κ1) is 17.4. The first-order chi connectivity index (χ1) is 9.97. The number of hydrogen-bond donors (Lipinski definition) is 3. The van der Waals surface area contributed by atoms with Crippen LogP contribution < -0.4 is 10.6 Å². The number of amides is 3. The van der Waals surface area contributed by atoms with Gasteiger partial charge < -0.3 is 19.9 Å². The first-order valence-electron chi connectivity index (χ1n) is 6.90. The van der Waals surface area contributed by atoms with Crippen molar-refractivity contribution in [2.45, 2.75) is 37.7 Å². The Bertz CT molecular complexity index is 379. The third-order valence-corrected chi connectivity index (χ3v) is 3.37. The van der Waals surface area contributed by atoms with Crippen LogP contribution in [0.5, 0.6) is 0 Å². The number of carbonyl (C=O) groups excluding carboxylic acids is 2. The summed E-state index contributed by atoms with van der Waals surface area (Å²) in [5.74, 6) is -1.32. The highest BCUT2D eigenvalue weighted by molar-refractivity contribution is 5.94. The van der Waals surface area contributed by atoms with Crippen molar-refractivity contribution in [2.24, 2.45) is 0 Å². The number of ether oxygens (including phenoxy) is 2. The minimum atomic E-state index is -0.892. The van der Waals surface area contributed by atoms with Crippen molar-refractivity contribution >= 4 is 17.9 Å². The molecule has 0 aromatic rings. The van der Waals surface area contributed by atoms with Crippen LogP contribution in [0, 0.1) is 0 Å². The average Bonchev–Trinajstić information content (AvgIpc) is 2.91. The molecule has 3 amide bonds. The van der Waals surface area contributed by atoms with E-state index in [1.807, 2.05) is 0 Å². The van der Waals surface area contributed by atoms with E-state index in [-0.39, 0.29) is 19.4 Å². The number of nitrogens with one attached hydrogen (secondary N) is 2. The molecule has 0 aromatic heterocycles. The number of aliphatic carboxylic acids is 1. The number of imide groups is 1. The monoisotopic (exact) mass is 302 g/mol. The SMILES string of the molecule is COC1(CNC(=O)NC(=O)CCCCC(=O)O)CCOC1. The second-order valence-corrected chi connectivity index (χ2v) is 5.02. The molecule has 1 heterocycles. The Kier molecular flexibility index (Phi) is 7.10. The molecule has 0 aliphatic carbocycles. The summed E-state index contributed by atoms with van der Waals surface area (Å²) in [6, 6.07) is -0.582. The van der Waals surface area contributed by atoms with Gasteiger partial charge in [0.25, 0.3) is 0 Å². The molecule has 3 N–H and O–H groups in total. The molecule has 0 radical (unpaired) electrons. The van der Waals surface area contributed by atoms with Gasteiger partial charge in [-0.3, -0.25) is 14.9 Å². The van der Waals surface area contributed by atoms with Gasteiger partial charge in [-0.1, -0.05) is 0 Å². The lowest BCUT2D eigenvalue weighted by Crippen LogP contribution is -2.49. The molecule has 8 nitrogen and oxygen atoms in total. The van der Waals surface area contributed by atoms with E-state index in [1.165, 1.54) is 0 Å². The minimum Gasteiger partial charge on any atom is -0.481 e. The summed E-state index contributed by atoms with van der Waals surface area (Å²) < 4.78 is 10.6. The van der Waals surface area contributed by atoms with Gasteiger partial charge in [-0.25, -0.2) is 4.79 Å². The fourth-order valence-electron chi connectivity index (χ4n) is 2.00. The molecule has 1 saturated heterocycles. The molecule has 8 heteroatoms. The molecule has 21 heavy (non-hydrogen) atoms. The minimum absolute atomic E-state index is 0.0236. The van der Waals surface area contributed by atoms with Crippen LogP contribution in [0.15, 0.2) is 0 Å². The number of carboxylic acid groups (broad SMARTS) is 1. The van der Waals surface area contributed by atoms with Crippen molar-refractivity contribution in [2.75, 3.05) is 26.9 Å². The molecule has 1 atom stereocenters. The van der Waals surface area contributed by atoms with Crippen LogP contribution in [0.2, 0.25) is 0 Å². The van der Waals surface area contributed by atoms with Crippen molar-refractivity contribution in [3.63, 3.8) is 0 Å². The maximum absolute atomic E-state index is 11.6. The third-order valence-electron chi connectivity index (χ3n) is 3.37. The Hall–Kier alpha value is -1.67. The summed E-state index contributed by atoms with van der Waals surface area (Å²) in [6.45, 7) is 1.26. The van der Waals surface area contributed by atoms with Crippen LogP contribution in [0.1, 0.15) is 32.1 Å². The van der Waals surface area contributed by atoms with Crippen LogP contribution in [-0.4, -0.2) is 55.5 Å². The van der Waals surface area contributed by atoms with Gasteiger partial charge in [-0.05, 0) is 12.8 Å². The van der Waals surface area contributed by atoms with Gasteiger partial charge in [0.1, 0.15) is 5.60 Å². The van der Waals surface area contributed by atoms with Gasteiger partial charge >= 0.3 is 12.0 Å². The number of carbonyl (C=O) groups is 3. The molecule has 1 aliphatic heterocycles. The number of hydrogen-bond acceptors (Lipinski definition) is 5. The molecule has 1 rings (SSSR count). The highest BCUT2D eigenvalue weighted by atomic mass is 16.5. The molecule has 1 unspecified atom stereocenters. The Morgan fingerprint density at radius 3 is 2.57 bits per heavy atom. The molecule has 0 saturated carbocycles. The van der Waals surface area contributed by atoms with E-state index in [0.29, 0.717) is 32.5 Å². The number of carboxylic acids is 1. The number of urea groups is 1. The summed E-state index contributed by atoms with van der Waals surface area (Å²) in [6.07, 6.45) is 1.68. The predicted molar refractivity (Wildman–Crippen MR) is 72.8 cm³/mol. The predicted octanol–water partition coefficient (Wildman–Crippen LogP) is 0.263. The van der Waals surface area contributed by atoms with E-state index >= 15 is 0 Å². The van der Waals surface area contributed by atoms with Gasteiger partial charge in [0.05, 0.1) is 13.2 Å². The average molecular weight is 302 g/mol. The molecule has 0 aromatic carbocycles. The standard InChI is InChI=1S/C13H22N2O6/c1-20-13(6-7-21-9-13)8-14-12(19)15-10(16)4-2-3-5-11(17)18/h2-9H2,1H3,(H,17,18)(H2,14,15,16,19). The van der Waals surface area contributed by atoms with Gasteiger partial charge in [-0.15, -0.1) is 0 Å². The van der Waals surface area contributed by atoms with E-state index in [0.717, 1.165) is 0 Å². The van der Waals surface area contributed by atoms with Crippen LogP contribution in [-0.2, 0) is 19.1 Å². The van der Waals surface area contributed by atoms with Crippen molar-refractivity contribution < 1.29 is 29.0 Å². The number of methoxy groups -OCH3 is 1. The topological polar surface area (TPSA) is 114 Å². The zero-order chi connectivity index (χ0) is 15.7. The maximum Gasteiger partial charge on any atom is 0.321 e. The Labute approximate surface area is 123 Å². The van der Waals surface area contributed by atoms with Gasteiger partial charge in [-0.2, -0.15) is 0 Å². The zero-order valence-electron chi connectivity index (χ0n) is 12.1. The van der Waals surface area contributed by atoms with E-state index < -0.39 is 23.5 Å². The fraction of sp³-hybridized carbons (Fsp3) is 0.769. The van der Waals surface area contributed by atoms with E-state index in [4.69, 9.17) is 14.6 Å². The molecule has 1 aliphatic rings. The highest BCUT2D eigenvalue weighted by Crippen LogP contribution is 2.21. The molecule has 120 valence electrons. The van der Waals surface area contributed by atoms with Crippen molar-refractivity contribution in [1.82, 2.24) is 10.6 Å². The first-order valence-corrected chi connectivity index (χ1v) is 6.90. The Morgan fingerprint density at radius 1 is 1.29 bits per heavy atom. The third kappa shape index (κ3) is 6.54. The lowest BCUT2D eigenvalue weighted by Gasteiger charge is -2.25. The summed E-state index contributed by atoms with van der Waals surface area (Å²) in [7, 11) is 1.56. The summed E-state index contributed by atoms with van der Waals surface area (Å²) in [4.78, 5) is 33.3. The smallest absolute Gasteiger partial charge is 0.321 e. The quantitative estimate of drug-likeness (QED) is 0.554. The Morgan fingerprint density at radius 2 is 2.00 bits per heavy atom. The summed E-state index contributed by atoms with van der Waals surface area (Å²) >= 11 is 0. The summed E-state index contributed by atoms with van der Waals surface area (Å²) in [5, 5.41) is 13.2. The highest BCUT2D eigenvalue weighted by Gasteiger charge is 2.35. The van der Waals surface area contributed by atoms with Crippen LogP contribution in [0.3, 0.4) is 0 Å². The lowest BCUT2D eigenvalue weighted by atomic mass is 10.0. The Balaban J connectivity index is 2.17. The molecular weight excluding hydrogens is 280 g/mol. The molecular formula is C13H22N2O6. The lowest BCUT2D eigenvalue weighted by molar-refractivity contribution is -0.137. The molecule has 1 fully saturated rings. The normalized spacial score (nSPS) is 21.0. The van der Waals surface area contributed by atoms with Crippen LogP contribution in [0.25, 0.3) is 0 Å². The van der Waals surface area contributed by atoms with E-state index in [1.54, 1.807) is 7.11 Å². The summed E-state index contributed by atoms with van der Waals surface area (Å²) in [5.41, 5.74) is -0.526. The van der Waals surface area contributed by atoms with Crippen molar-refractivity contribution in [1.29, 1.82) is 0 Å². The second kappa shape index (κ2) is 8.58. The van der Waals surface area contributed by atoms with Crippen LogP contribution in [0.4, 0.5) is 4.79 Å². The number of rotatable bonds is 8. The molecule has 0 spiro atoms. The van der Waals surface area contributed by atoms with Gasteiger partial charge in [0.15, 0.2) is 0 Å². The fourth-order valence-corrected chi connectivity index (χ4v) is 2.00. The maximum atomic E-state index is 11.6.